The number of nitrogens with zero attached hydrogens (tertiary/aromatic N) is 3. The molecule has 0 saturated carbocycles. The fraction of sp³-hybridized carbons (Fsp3) is 0.138. The Hall–Kier alpha value is -4.31. The molecule has 39 heavy (non-hydrogen) atoms. The molecular formula is C29H22F4N4OS. The highest BCUT2D eigenvalue weighted by atomic mass is 32.1. The first kappa shape index (κ1) is 26.3. The molecule has 5 nitrogen and oxygen atoms in total. The van der Waals surface area contributed by atoms with E-state index in [0.717, 1.165) is 28.1 Å². The minimum Gasteiger partial charge on any atom is -0.326 e. The van der Waals surface area contributed by atoms with Gasteiger partial charge in [-0.3, -0.25) is 4.79 Å². The lowest BCUT2D eigenvalue weighted by Crippen LogP contribution is -2.08. The number of nitrogens with one attached hydrogen (secondary N) is 1. The third-order valence-corrected chi connectivity index (χ3v) is 7.18. The number of aromatic nitrogens is 3. The van der Waals surface area contributed by atoms with Crippen LogP contribution in [-0.4, -0.2) is 20.7 Å². The third-order valence-electron chi connectivity index (χ3n) is 6.08. The van der Waals surface area contributed by atoms with Gasteiger partial charge in [-0.15, -0.1) is 0 Å². The van der Waals surface area contributed by atoms with Crippen molar-refractivity contribution in [3.63, 3.8) is 0 Å². The van der Waals surface area contributed by atoms with Gasteiger partial charge >= 0.3 is 6.18 Å². The van der Waals surface area contributed by atoms with Gasteiger partial charge in [-0.2, -0.15) is 18.3 Å². The van der Waals surface area contributed by atoms with E-state index in [1.807, 2.05) is 19.1 Å². The molecule has 10 heteroatoms. The SMILES string of the molecule is CCC(=O)Nc1ccc(-c2sc(-n3cc(-c4cccc(F)c4)c(C)n3)nc2-c2ccc(C(F)(F)F)cc2)cc1. The minimum absolute atomic E-state index is 0.114. The summed E-state index contributed by atoms with van der Waals surface area (Å²) in [5, 5.41) is 7.87. The van der Waals surface area contributed by atoms with Crippen LogP contribution in [0.4, 0.5) is 23.2 Å². The molecule has 0 spiro atoms. The Balaban J connectivity index is 1.59. The van der Waals surface area contributed by atoms with Crippen LogP contribution >= 0.6 is 11.3 Å². The van der Waals surface area contributed by atoms with Crippen molar-refractivity contribution in [2.24, 2.45) is 0 Å². The summed E-state index contributed by atoms with van der Waals surface area (Å²) < 4.78 is 54.9. The molecule has 3 aromatic carbocycles. The van der Waals surface area contributed by atoms with E-state index in [2.05, 4.69) is 10.4 Å². The number of hydrogen-bond acceptors (Lipinski definition) is 4. The molecule has 1 amide bonds. The first-order valence-electron chi connectivity index (χ1n) is 12.0. The zero-order valence-corrected chi connectivity index (χ0v) is 21.7. The van der Waals surface area contributed by atoms with Crippen LogP contribution in [0.25, 0.3) is 38.0 Å². The van der Waals surface area contributed by atoms with E-state index >= 15 is 0 Å². The third kappa shape index (κ3) is 5.61. The summed E-state index contributed by atoms with van der Waals surface area (Å²) in [6.45, 7) is 3.57. The number of thiazole rings is 1. The normalized spacial score (nSPS) is 11.5. The van der Waals surface area contributed by atoms with Crippen LogP contribution in [0.15, 0.2) is 79.0 Å². The topological polar surface area (TPSA) is 59.8 Å². The average molecular weight is 551 g/mol. The van der Waals surface area contributed by atoms with Crippen LogP contribution in [-0.2, 0) is 11.0 Å². The largest absolute Gasteiger partial charge is 0.416 e. The summed E-state index contributed by atoms with van der Waals surface area (Å²) in [6.07, 6.45) is -2.35. The predicted octanol–water partition coefficient (Wildman–Crippen LogP) is 8.14. The number of rotatable bonds is 6. The molecule has 0 atom stereocenters. The molecule has 0 aliphatic rings. The quantitative estimate of drug-likeness (QED) is 0.217. The maximum Gasteiger partial charge on any atom is 0.416 e. The number of benzene rings is 3. The van der Waals surface area contributed by atoms with Gasteiger partial charge in [-0.1, -0.05) is 54.7 Å². The van der Waals surface area contributed by atoms with Crippen molar-refractivity contribution in [1.29, 1.82) is 0 Å². The van der Waals surface area contributed by atoms with Crippen molar-refractivity contribution in [3.8, 4) is 38.0 Å². The van der Waals surface area contributed by atoms with Crippen LogP contribution in [0.3, 0.4) is 0 Å². The molecule has 5 rings (SSSR count). The van der Waals surface area contributed by atoms with Gasteiger partial charge in [0.05, 0.1) is 21.8 Å². The maximum atomic E-state index is 13.8. The van der Waals surface area contributed by atoms with Crippen LogP contribution in [0, 0.1) is 12.7 Å². The van der Waals surface area contributed by atoms with Crippen molar-refractivity contribution < 1.29 is 22.4 Å². The van der Waals surface area contributed by atoms with Crippen molar-refractivity contribution >= 4 is 22.9 Å². The van der Waals surface area contributed by atoms with Gasteiger partial charge in [0.1, 0.15) is 5.82 Å². The fourth-order valence-electron chi connectivity index (χ4n) is 4.07. The van der Waals surface area contributed by atoms with Gasteiger partial charge in [-0.05, 0) is 54.4 Å². The zero-order chi connectivity index (χ0) is 27.7. The minimum atomic E-state index is -4.45. The number of carbonyl (C=O) groups is 1. The summed E-state index contributed by atoms with van der Waals surface area (Å²) in [7, 11) is 0. The van der Waals surface area contributed by atoms with Crippen LogP contribution < -0.4 is 5.32 Å². The number of anilines is 1. The van der Waals surface area contributed by atoms with E-state index in [1.54, 1.807) is 42.1 Å². The lowest BCUT2D eigenvalue weighted by atomic mass is 10.0. The Kier molecular flexibility index (Phi) is 7.05. The van der Waals surface area contributed by atoms with Crippen molar-refractivity contribution in [1.82, 2.24) is 14.8 Å². The number of amides is 1. The Morgan fingerprint density at radius 1 is 0.974 bits per heavy atom. The highest BCUT2D eigenvalue weighted by molar-refractivity contribution is 7.18. The summed E-state index contributed by atoms with van der Waals surface area (Å²) >= 11 is 1.32. The molecule has 0 aliphatic heterocycles. The Bertz CT molecular complexity index is 1640. The molecule has 5 aromatic rings. The molecule has 0 radical (unpaired) electrons. The van der Waals surface area contributed by atoms with Crippen LogP contribution in [0.1, 0.15) is 24.6 Å². The molecule has 0 fully saturated rings. The lowest BCUT2D eigenvalue weighted by molar-refractivity contribution is -0.137. The molecule has 0 aliphatic carbocycles. The molecule has 1 N–H and O–H groups in total. The second kappa shape index (κ2) is 10.5. The zero-order valence-electron chi connectivity index (χ0n) is 20.9. The highest BCUT2D eigenvalue weighted by Crippen LogP contribution is 2.40. The Morgan fingerprint density at radius 3 is 2.31 bits per heavy atom. The second-order valence-corrected chi connectivity index (χ2v) is 9.79. The van der Waals surface area contributed by atoms with E-state index in [0.29, 0.717) is 39.8 Å². The second-order valence-electron chi connectivity index (χ2n) is 8.81. The molecule has 0 bridgehead atoms. The first-order chi connectivity index (χ1) is 18.6. The first-order valence-corrected chi connectivity index (χ1v) is 12.9. The highest BCUT2D eigenvalue weighted by Gasteiger charge is 2.30. The molecular weight excluding hydrogens is 528 g/mol. The smallest absolute Gasteiger partial charge is 0.326 e. The van der Waals surface area contributed by atoms with Gasteiger partial charge in [0.15, 0.2) is 0 Å². The lowest BCUT2D eigenvalue weighted by Gasteiger charge is -2.08. The number of halogens is 4. The van der Waals surface area contributed by atoms with Gasteiger partial charge < -0.3 is 5.32 Å². The number of hydrogen-bond donors (Lipinski definition) is 1. The number of alkyl halides is 3. The van der Waals surface area contributed by atoms with Crippen LogP contribution in [0.2, 0.25) is 0 Å². The number of carbonyl (C=O) groups excluding carboxylic acids is 1. The van der Waals surface area contributed by atoms with Crippen molar-refractivity contribution in [3.05, 3.63) is 96.1 Å². The fourth-order valence-corrected chi connectivity index (χ4v) is 5.09. The maximum absolute atomic E-state index is 13.8. The van der Waals surface area contributed by atoms with E-state index in [9.17, 15) is 22.4 Å². The monoisotopic (exact) mass is 550 g/mol. The van der Waals surface area contributed by atoms with Crippen LogP contribution in [0.5, 0.6) is 0 Å². The van der Waals surface area contributed by atoms with Crippen molar-refractivity contribution in [2.75, 3.05) is 5.32 Å². The predicted molar refractivity (Wildman–Crippen MR) is 144 cm³/mol. The average Bonchev–Trinajstić information content (AvgIpc) is 3.53. The molecule has 198 valence electrons. The van der Waals surface area contributed by atoms with E-state index in [-0.39, 0.29) is 11.7 Å². The Labute approximate surface area is 225 Å². The van der Waals surface area contributed by atoms with E-state index in [1.165, 1.54) is 35.6 Å². The summed E-state index contributed by atoms with van der Waals surface area (Å²) in [5.74, 6) is -0.476. The van der Waals surface area contributed by atoms with Crippen molar-refractivity contribution in [2.45, 2.75) is 26.4 Å². The Morgan fingerprint density at radius 2 is 1.67 bits per heavy atom. The summed E-state index contributed by atoms with van der Waals surface area (Å²) in [6, 6.07) is 18.2. The van der Waals surface area contributed by atoms with E-state index in [4.69, 9.17) is 4.98 Å². The van der Waals surface area contributed by atoms with Gasteiger partial charge in [0.2, 0.25) is 11.0 Å². The van der Waals surface area contributed by atoms with Gasteiger partial charge in [-0.25, -0.2) is 14.1 Å². The molecule has 0 saturated heterocycles. The molecule has 2 heterocycles. The van der Waals surface area contributed by atoms with Gasteiger partial charge in [0.25, 0.3) is 0 Å². The summed E-state index contributed by atoms with van der Waals surface area (Å²) in [4.78, 5) is 17.2. The summed E-state index contributed by atoms with van der Waals surface area (Å²) in [5.41, 5.74) is 3.74. The standard InChI is InChI=1S/C29H22F4N4OS/c1-3-25(38)34-23-13-9-19(10-14-23)27-26(18-7-11-21(12-8-18)29(31,32)33)35-28(39-27)37-16-24(17(2)36-37)20-5-4-6-22(30)15-20/h4-16H,3H2,1-2H3,(H,34,38). The molecule has 0 unspecified atom stereocenters. The molecule has 2 aromatic heterocycles. The van der Waals surface area contributed by atoms with E-state index < -0.39 is 11.7 Å². The van der Waals surface area contributed by atoms with Gasteiger partial charge in [0, 0.05) is 29.4 Å². The number of aryl methyl sites for hydroxylation is 1.